The van der Waals surface area contributed by atoms with Crippen LogP contribution in [-0.4, -0.2) is 59.7 Å². The van der Waals surface area contributed by atoms with Gasteiger partial charge in [-0.25, -0.2) is 4.79 Å². The number of hydrogen-bond acceptors (Lipinski definition) is 6. The van der Waals surface area contributed by atoms with E-state index in [1.165, 1.54) is 6.07 Å². The maximum Gasteiger partial charge on any atom is 0.417 e. The predicted molar refractivity (Wildman–Crippen MR) is 167 cm³/mol. The summed E-state index contributed by atoms with van der Waals surface area (Å²) in [6, 6.07) is 14.9. The minimum atomic E-state index is -4.51. The number of nitrogens with one attached hydrogen (secondary N) is 1. The summed E-state index contributed by atoms with van der Waals surface area (Å²) in [5.74, 6) is -0.178. The first-order valence-electron chi connectivity index (χ1n) is 15.2. The first-order chi connectivity index (χ1) is 21.5. The molecule has 1 aliphatic rings. The van der Waals surface area contributed by atoms with Crippen LogP contribution in [0, 0.1) is 0 Å². The van der Waals surface area contributed by atoms with Gasteiger partial charge in [0, 0.05) is 29.3 Å². The number of ether oxygens (including phenoxy) is 2. The lowest BCUT2D eigenvalue weighted by molar-refractivity contribution is -0.137. The van der Waals surface area contributed by atoms with Gasteiger partial charge in [0.15, 0.2) is 5.69 Å². The third kappa shape index (κ3) is 7.47. The fraction of sp³-hybridized carbons (Fsp3) is 0.382. The molecule has 238 valence electrons. The van der Waals surface area contributed by atoms with Crippen molar-refractivity contribution in [2.75, 3.05) is 32.6 Å². The Morgan fingerprint density at radius 1 is 1.04 bits per heavy atom. The molecule has 1 N–H and O–H groups in total. The van der Waals surface area contributed by atoms with Crippen LogP contribution < -0.4 is 10.1 Å². The molecule has 0 radical (unpaired) electrons. The van der Waals surface area contributed by atoms with Crippen LogP contribution in [0.1, 0.15) is 61.5 Å². The molecule has 8 nitrogen and oxygen atoms in total. The largest absolute Gasteiger partial charge is 0.490 e. The summed E-state index contributed by atoms with van der Waals surface area (Å²) < 4.78 is 52.9. The van der Waals surface area contributed by atoms with Crippen LogP contribution in [0.15, 0.2) is 60.8 Å². The highest BCUT2D eigenvalue weighted by Crippen LogP contribution is 2.38. The van der Waals surface area contributed by atoms with Gasteiger partial charge in [-0.3, -0.25) is 9.78 Å². The second-order valence-electron chi connectivity index (χ2n) is 11.4. The fourth-order valence-electron chi connectivity index (χ4n) is 5.60. The van der Waals surface area contributed by atoms with Crippen LogP contribution in [0.2, 0.25) is 0 Å². The van der Waals surface area contributed by atoms with Crippen LogP contribution >= 0.6 is 0 Å². The Morgan fingerprint density at radius 2 is 1.78 bits per heavy atom. The number of alkyl halides is 3. The molecule has 0 atom stereocenters. The van der Waals surface area contributed by atoms with Gasteiger partial charge < -0.3 is 24.3 Å². The maximum atomic E-state index is 13.6. The molecule has 2 heterocycles. The number of anilines is 1. The summed E-state index contributed by atoms with van der Waals surface area (Å²) in [6.45, 7) is 2.53. The summed E-state index contributed by atoms with van der Waals surface area (Å²) in [5, 5.41) is 3.47. The zero-order valence-electron chi connectivity index (χ0n) is 25.6. The van der Waals surface area contributed by atoms with E-state index in [9.17, 15) is 22.8 Å². The van der Waals surface area contributed by atoms with Crippen molar-refractivity contribution in [2.24, 2.45) is 0 Å². The van der Waals surface area contributed by atoms with Crippen molar-refractivity contribution in [1.82, 2.24) is 14.5 Å². The van der Waals surface area contributed by atoms with Crippen molar-refractivity contribution in [2.45, 2.75) is 57.7 Å². The Hall–Kier alpha value is -4.38. The summed E-state index contributed by atoms with van der Waals surface area (Å²) in [5.41, 5.74) is 1.62. The molecule has 4 aromatic rings. The Morgan fingerprint density at radius 3 is 2.40 bits per heavy atom. The Balaban J connectivity index is 1.62. The van der Waals surface area contributed by atoms with Gasteiger partial charge in [0.25, 0.3) is 0 Å². The third-order valence-electron chi connectivity index (χ3n) is 7.80. The molecule has 0 saturated heterocycles. The van der Waals surface area contributed by atoms with Gasteiger partial charge in [0.2, 0.25) is 5.91 Å². The summed E-state index contributed by atoms with van der Waals surface area (Å²) >= 11 is 0. The number of fused-ring (bicyclic) bond motifs is 1. The molecule has 11 heteroatoms. The molecule has 5 rings (SSSR count). The normalized spacial score (nSPS) is 13.8. The Labute approximate surface area is 260 Å². The maximum absolute atomic E-state index is 13.6. The second kappa shape index (κ2) is 13.7. The second-order valence-corrected chi connectivity index (χ2v) is 11.4. The van der Waals surface area contributed by atoms with Crippen LogP contribution in [0.4, 0.5) is 18.9 Å². The van der Waals surface area contributed by atoms with E-state index < -0.39 is 17.7 Å². The number of halogens is 3. The van der Waals surface area contributed by atoms with Gasteiger partial charge in [0.1, 0.15) is 5.75 Å². The average molecular weight is 623 g/mol. The van der Waals surface area contributed by atoms with Crippen molar-refractivity contribution < 1.29 is 32.2 Å². The van der Waals surface area contributed by atoms with Gasteiger partial charge in [-0.05, 0) is 108 Å². The zero-order chi connectivity index (χ0) is 32.1. The Kier molecular flexibility index (Phi) is 9.77. The predicted octanol–water partition coefficient (Wildman–Crippen LogP) is 7.49. The first-order valence-corrected chi connectivity index (χ1v) is 15.2. The van der Waals surface area contributed by atoms with E-state index in [0.717, 1.165) is 43.7 Å². The van der Waals surface area contributed by atoms with E-state index in [1.54, 1.807) is 29.7 Å². The van der Waals surface area contributed by atoms with Crippen molar-refractivity contribution in [1.29, 1.82) is 0 Å². The van der Waals surface area contributed by atoms with Crippen LogP contribution in [0.25, 0.3) is 27.8 Å². The van der Waals surface area contributed by atoms with E-state index in [4.69, 9.17) is 9.47 Å². The number of amides is 1. The molecule has 0 aliphatic heterocycles. The standard InChI is InChI=1S/C34H37F3N4O4/c1-4-44-33(43)32-31(39-30(42)10-7-19-40(2)3)27-20-22(28-17-12-23(21-38-28)34(35,36)37)11-18-29(27)41(32)24-13-15-26(16-14-24)45-25-8-5-6-9-25/h11-18,20-21,25H,4-10,19H2,1-3H3,(H,39,42). The van der Waals surface area contributed by atoms with Gasteiger partial charge in [-0.15, -0.1) is 0 Å². The SMILES string of the molecule is CCOC(=O)c1c(NC(=O)CCCN(C)C)c2cc(-c3ccc(C(F)(F)F)cn3)ccc2n1-c1ccc(OC2CCCC2)cc1. The van der Waals surface area contributed by atoms with Crippen LogP contribution in [-0.2, 0) is 15.7 Å². The lowest BCUT2D eigenvalue weighted by Crippen LogP contribution is -2.19. The molecular weight excluding hydrogens is 585 g/mol. The number of rotatable bonds is 11. The fourth-order valence-corrected chi connectivity index (χ4v) is 5.60. The monoisotopic (exact) mass is 622 g/mol. The summed E-state index contributed by atoms with van der Waals surface area (Å²) in [6.07, 6.45) is 1.62. The van der Waals surface area contributed by atoms with Crippen LogP contribution in [0.5, 0.6) is 5.75 Å². The summed E-state index contributed by atoms with van der Waals surface area (Å²) in [7, 11) is 3.84. The smallest absolute Gasteiger partial charge is 0.417 e. The van der Waals surface area contributed by atoms with Gasteiger partial charge in [0.05, 0.1) is 35.2 Å². The number of aromatic nitrogens is 2. The van der Waals surface area contributed by atoms with Crippen molar-refractivity contribution >= 4 is 28.5 Å². The zero-order valence-corrected chi connectivity index (χ0v) is 25.6. The van der Waals surface area contributed by atoms with Crippen molar-refractivity contribution in [3.63, 3.8) is 0 Å². The van der Waals surface area contributed by atoms with E-state index in [1.807, 2.05) is 43.3 Å². The minimum absolute atomic E-state index is 0.117. The first kappa shape index (κ1) is 32.0. The van der Waals surface area contributed by atoms with E-state index in [-0.39, 0.29) is 36.4 Å². The van der Waals surface area contributed by atoms with Gasteiger partial charge in [-0.2, -0.15) is 13.2 Å². The highest BCUT2D eigenvalue weighted by molar-refractivity contribution is 6.13. The van der Waals surface area contributed by atoms with Crippen LogP contribution in [0.3, 0.4) is 0 Å². The van der Waals surface area contributed by atoms with E-state index >= 15 is 0 Å². The molecule has 45 heavy (non-hydrogen) atoms. The number of carbonyl (C=O) groups is 2. The highest BCUT2D eigenvalue weighted by atomic mass is 19.4. The van der Waals surface area contributed by atoms with Gasteiger partial charge >= 0.3 is 12.1 Å². The molecule has 2 aromatic heterocycles. The number of esters is 1. The third-order valence-corrected chi connectivity index (χ3v) is 7.80. The number of hydrogen-bond donors (Lipinski definition) is 1. The molecule has 1 aliphatic carbocycles. The molecule has 1 amide bonds. The molecule has 1 fully saturated rings. The minimum Gasteiger partial charge on any atom is -0.490 e. The number of carbonyl (C=O) groups excluding carboxylic acids is 2. The number of pyridine rings is 1. The van der Waals surface area contributed by atoms with Crippen molar-refractivity contribution in [3.05, 3.63) is 72.1 Å². The highest BCUT2D eigenvalue weighted by Gasteiger charge is 2.31. The lowest BCUT2D eigenvalue weighted by Gasteiger charge is -2.15. The number of nitrogens with zero attached hydrogens (tertiary/aromatic N) is 3. The van der Waals surface area contributed by atoms with E-state index in [2.05, 4.69) is 10.3 Å². The molecule has 0 spiro atoms. The van der Waals surface area contributed by atoms with Gasteiger partial charge in [-0.1, -0.05) is 6.07 Å². The summed E-state index contributed by atoms with van der Waals surface area (Å²) in [4.78, 5) is 32.8. The Bertz CT molecular complexity index is 1640. The van der Waals surface area contributed by atoms with E-state index in [0.29, 0.717) is 40.8 Å². The quantitative estimate of drug-likeness (QED) is 0.175. The lowest BCUT2D eigenvalue weighted by atomic mass is 10.1. The molecule has 0 unspecified atom stereocenters. The number of benzene rings is 2. The molecule has 2 aromatic carbocycles. The molecule has 0 bridgehead atoms. The van der Waals surface area contributed by atoms with Crippen molar-refractivity contribution in [3.8, 4) is 22.7 Å². The topological polar surface area (TPSA) is 85.7 Å². The average Bonchev–Trinajstić information content (AvgIpc) is 3.63. The molecular formula is C34H37F3N4O4. The molecule has 1 saturated carbocycles.